The van der Waals surface area contributed by atoms with Gasteiger partial charge in [0.15, 0.2) is 0 Å². The summed E-state index contributed by atoms with van der Waals surface area (Å²) < 4.78 is 1.97. The molecule has 0 bridgehead atoms. The van der Waals surface area contributed by atoms with Crippen LogP contribution in [-0.2, 0) is 7.05 Å². The molecule has 0 N–H and O–H groups in total. The zero-order valence-electron chi connectivity index (χ0n) is 9.61. The highest BCUT2D eigenvalue weighted by Crippen LogP contribution is 2.27. The predicted molar refractivity (Wildman–Crippen MR) is 66.6 cm³/mol. The molecule has 80 valence electrons. The summed E-state index contributed by atoms with van der Waals surface area (Å²) in [6, 6.07) is 6.63. The van der Waals surface area contributed by atoms with Crippen LogP contribution in [0.1, 0.15) is 25.3 Å². The van der Waals surface area contributed by atoms with Gasteiger partial charge < -0.3 is 0 Å². The lowest BCUT2D eigenvalue weighted by molar-refractivity contribution is 0.761. The van der Waals surface area contributed by atoms with Crippen LogP contribution in [0.5, 0.6) is 0 Å². The van der Waals surface area contributed by atoms with Crippen LogP contribution in [0.2, 0.25) is 0 Å². The molecule has 0 spiro atoms. The first-order valence-electron chi connectivity index (χ1n) is 5.14. The Morgan fingerprint density at radius 3 is 2.67 bits per heavy atom. The molecule has 1 aromatic heterocycles. The van der Waals surface area contributed by atoms with E-state index in [4.69, 9.17) is 0 Å². The standard InChI is InChI=1S/C12H16N2S/c1-8(2)9-5-6-10-11(7-9)14(3)13-12(10)15-4/h5-8H,1-4H3. The highest BCUT2D eigenvalue weighted by molar-refractivity contribution is 7.98. The molecule has 3 heteroatoms. The summed E-state index contributed by atoms with van der Waals surface area (Å²) in [4.78, 5) is 0. The summed E-state index contributed by atoms with van der Waals surface area (Å²) in [6.07, 6.45) is 2.07. The molecule has 15 heavy (non-hydrogen) atoms. The third kappa shape index (κ3) is 1.76. The van der Waals surface area contributed by atoms with Gasteiger partial charge in [-0.25, -0.2) is 0 Å². The van der Waals surface area contributed by atoms with E-state index in [0.717, 1.165) is 5.03 Å². The van der Waals surface area contributed by atoms with Gasteiger partial charge in [-0.05, 0) is 29.9 Å². The van der Waals surface area contributed by atoms with Crippen molar-refractivity contribution in [3.05, 3.63) is 23.8 Å². The fraction of sp³-hybridized carbons (Fsp3) is 0.417. The maximum Gasteiger partial charge on any atom is 0.126 e. The fourth-order valence-electron chi connectivity index (χ4n) is 1.75. The largest absolute Gasteiger partial charge is 0.267 e. The Kier molecular flexibility index (Phi) is 2.74. The fourth-order valence-corrected chi connectivity index (χ4v) is 2.35. The van der Waals surface area contributed by atoms with Gasteiger partial charge in [-0.3, -0.25) is 4.68 Å². The van der Waals surface area contributed by atoms with Gasteiger partial charge in [-0.15, -0.1) is 11.8 Å². The molecule has 0 aliphatic carbocycles. The highest BCUT2D eigenvalue weighted by atomic mass is 32.2. The van der Waals surface area contributed by atoms with Gasteiger partial charge in [-0.1, -0.05) is 19.9 Å². The Morgan fingerprint density at radius 1 is 1.33 bits per heavy atom. The van der Waals surface area contributed by atoms with Gasteiger partial charge in [0.2, 0.25) is 0 Å². The third-order valence-electron chi connectivity index (χ3n) is 2.70. The molecule has 0 fully saturated rings. The van der Waals surface area contributed by atoms with Crippen LogP contribution < -0.4 is 0 Å². The second-order valence-electron chi connectivity index (χ2n) is 4.06. The van der Waals surface area contributed by atoms with E-state index in [-0.39, 0.29) is 0 Å². The van der Waals surface area contributed by atoms with Crippen LogP contribution in [0, 0.1) is 0 Å². The number of hydrogen-bond donors (Lipinski definition) is 0. The van der Waals surface area contributed by atoms with Crippen LogP contribution >= 0.6 is 11.8 Å². The lowest BCUT2D eigenvalue weighted by Gasteiger charge is -2.05. The van der Waals surface area contributed by atoms with Crippen molar-refractivity contribution in [1.29, 1.82) is 0 Å². The van der Waals surface area contributed by atoms with Crippen LogP contribution in [0.4, 0.5) is 0 Å². The van der Waals surface area contributed by atoms with E-state index < -0.39 is 0 Å². The number of benzene rings is 1. The monoisotopic (exact) mass is 220 g/mol. The van der Waals surface area contributed by atoms with Gasteiger partial charge in [0, 0.05) is 12.4 Å². The molecule has 0 atom stereocenters. The first-order chi connectivity index (χ1) is 7.13. The highest BCUT2D eigenvalue weighted by Gasteiger charge is 2.09. The van der Waals surface area contributed by atoms with Crippen molar-refractivity contribution in [3.63, 3.8) is 0 Å². The molecule has 0 unspecified atom stereocenters. The van der Waals surface area contributed by atoms with E-state index >= 15 is 0 Å². The Labute approximate surface area is 94.7 Å². The second kappa shape index (κ2) is 3.89. The number of aromatic nitrogens is 2. The predicted octanol–water partition coefficient (Wildman–Crippen LogP) is 3.42. The lowest BCUT2D eigenvalue weighted by Crippen LogP contribution is -1.91. The number of hydrogen-bond acceptors (Lipinski definition) is 2. The van der Waals surface area contributed by atoms with E-state index in [1.807, 2.05) is 11.7 Å². The zero-order valence-corrected chi connectivity index (χ0v) is 10.4. The summed E-state index contributed by atoms with van der Waals surface area (Å²) in [5, 5.41) is 6.86. The summed E-state index contributed by atoms with van der Waals surface area (Å²) in [6.45, 7) is 4.43. The Morgan fingerprint density at radius 2 is 2.07 bits per heavy atom. The Hall–Kier alpha value is -0.960. The van der Waals surface area contributed by atoms with Crippen LogP contribution in [0.25, 0.3) is 10.9 Å². The number of aryl methyl sites for hydroxylation is 1. The van der Waals surface area contributed by atoms with Crippen molar-refractivity contribution in [1.82, 2.24) is 9.78 Å². The van der Waals surface area contributed by atoms with Gasteiger partial charge in [0.05, 0.1) is 5.52 Å². The first kappa shape index (κ1) is 10.6. The molecule has 1 aromatic carbocycles. The number of thioether (sulfide) groups is 1. The van der Waals surface area contributed by atoms with Gasteiger partial charge in [-0.2, -0.15) is 5.10 Å². The summed E-state index contributed by atoms with van der Waals surface area (Å²) in [7, 11) is 2.01. The molecular weight excluding hydrogens is 204 g/mol. The average Bonchev–Trinajstić information content (AvgIpc) is 2.55. The maximum atomic E-state index is 4.49. The molecule has 2 aromatic rings. The minimum absolute atomic E-state index is 0.571. The topological polar surface area (TPSA) is 17.8 Å². The average molecular weight is 220 g/mol. The number of fused-ring (bicyclic) bond motifs is 1. The van der Waals surface area contributed by atoms with Crippen molar-refractivity contribution in [3.8, 4) is 0 Å². The Balaban J connectivity index is 2.66. The minimum Gasteiger partial charge on any atom is -0.267 e. The van der Waals surface area contributed by atoms with Gasteiger partial charge in [0.25, 0.3) is 0 Å². The molecule has 2 rings (SSSR count). The molecule has 0 saturated carbocycles. The maximum absolute atomic E-state index is 4.49. The quantitative estimate of drug-likeness (QED) is 0.722. The summed E-state index contributed by atoms with van der Waals surface area (Å²) >= 11 is 1.70. The minimum atomic E-state index is 0.571. The molecule has 0 radical (unpaired) electrons. The Bertz CT molecular complexity index is 486. The summed E-state index contributed by atoms with van der Waals surface area (Å²) in [5.74, 6) is 0.571. The van der Waals surface area contributed by atoms with Crippen molar-refractivity contribution >= 4 is 22.7 Å². The first-order valence-corrected chi connectivity index (χ1v) is 6.36. The second-order valence-corrected chi connectivity index (χ2v) is 4.86. The van der Waals surface area contributed by atoms with Crippen molar-refractivity contribution in [2.24, 2.45) is 7.05 Å². The third-order valence-corrected chi connectivity index (χ3v) is 3.39. The molecule has 0 amide bonds. The molecule has 1 heterocycles. The van der Waals surface area contributed by atoms with Crippen molar-refractivity contribution in [2.45, 2.75) is 24.8 Å². The lowest BCUT2D eigenvalue weighted by atomic mass is 10.0. The SMILES string of the molecule is CSc1nn(C)c2cc(C(C)C)ccc12. The van der Waals surface area contributed by atoms with Gasteiger partial charge in [0.1, 0.15) is 5.03 Å². The van der Waals surface area contributed by atoms with Gasteiger partial charge >= 0.3 is 0 Å². The smallest absolute Gasteiger partial charge is 0.126 e. The molecule has 2 nitrogen and oxygen atoms in total. The molecule has 0 aliphatic heterocycles. The van der Waals surface area contributed by atoms with E-state index in [1.54, 1.807) is 11.8 Å². The number of nitrogens with zero attached hydrogens (tertiary/aromatic N) is 2. The normalized spacial score (nSPS) is 11.5. The molecular formula is C12H16N2S. The summed E-state index contributed by atoms with van der Waals surface area (Å²) in [5.41, 5.74) is 2.60. The molecule has 0 saturated heterocycles. The number of rotatable bonds is 2. The van der Waals surface area contributed by atoms with E-state index in [1.165, 1.54) is 16.5 Å². The van der Waals surface area contributed by atoms with Crippen molar-refractivity contribution < 1.29 is 0 Å². The van der Waals surface area contributed by atoms with Crippen molar-refractivity contribution in [2.75, 3.05) is 6.26 Å². The van der Waals surface area contributed by atoms with Crippen LogP contribution in [0.15, 0.2) is 23.2 Å². The van der Waals surface area contributed by atoms with E-state index in [2.05, 4.69) is 43.4 Å². The van der Waals surface area contributed by atoms with Crippen LogP contribution in [0.3, 0.4) is 0 Å². The van der Waals surface area contributed by atoms with E-state index in [0.29, 0.717) is 5.92 Å². The van der Waals surface area contributed by atoms with Crippen LogP contribution in [-0.4, -0.2) is 16.0 Å². The zero-order chi connectivity index (χ0) is 11.0. The van der Waals surface area contributed by atoms with E-state index in [9.17, 15) is 0 Å². The molecule has 0 aliphatic rings.